The van der Waals surface area contributed by atoms with Crippen LogP contribution in [0.3, 0.4) is 0 Å². The lowest BCUT2D eigenvalue weighted by molar-refractivity contribution is -0.116. The molecule has 0 fully saturated rings. The Morgan fingerprint density at radius 2 is 2.18 bits per heavy atom. The first-order chi connectivity index (χ1) is 10.4. The molecule has 1 heterocycles. The summed E-state index contributed by atoms with van der Waals surface area (Å²) in [5.74, 6) is -1.13. The van der Waals surface area contributed by atoms with Gasteiger partial charge in [-0.1, -0.05) is 22.8 Å². The van der Waals surface area contributed by atoms with Crippen molar-refractivity contribution in [3.05, 3.63) is 46.4 Å². The van der Waals surface area contributed by atoms with Crippen molar-refractivity contribution in [1.29, 1.82) is 0 Å². The second-order valence-electron chi connectivity index (χ2n) is 4.63. The summed E-state index contributed by atoms with van der Waals surface area (Å²) in [4.78, 5) is 25.1. The second kappa shape index (κ2) is 6.57. The molecular weight excluding hydrogens is 313 g/mol. The number of aromatic nitrogens is 1. The molecule has 0 aliphatic heterocycles. The maximum absolute atomic E-state index is 13.7. The zero-order valence-electron chi connectivity index (χ0n) is 11.9. The van der Waals surface area contributed by atoms with Crippen LogP contribution in [0.1, 0.15) is 16.1 Å². The molecule has 8 heteroatoms. The molecular formula is C14H13ClFN3O3. The molecule has 0 atom stereocenters. The van der Waals surface area contributed by atoms with Crippen LogP contribution in [-0.2, 0) is 4.79 Å². The van der Waals surface area contributed by atoms with Crippen molar-refractivity contribution in [1.82, 2.24) is 10.1 Å². The third-order valence-electron chi connectivity index (χ3n) is 2.80. The number of amides is 2. The lowest BCUT2D eigenvalue weighted by atomic mass is 10.2. The van der Waals surface area contributed by atoms with Gasteiger partial charge in [-0.05, 0) is 19.1 Å². The lowest BCUT2D eigenvalue weighted by Gasteiger charge is -2.17. The van der Waals surface area contributed by atoms with Crippen molar-refractivity contribution < 1.29 is 18.5 Å². The second-order valence-corrected chi connectivity index (χ2v) is 5.04. The number of rotatable bonds is 4. The SMILES string of the molecule is Cc1cc(NC(=O)CN(C)C(=O)c2c(F)cccc2Cl)no1. The van der Waals surface area contributed by atoms with Crippen LogP contribution in [0.5, 0.6) is 0 Å². The van der Waals surface area contributed by atoms with Crippen LogP contribution in [0.15, 0.2) is 28.8 Å². The highest BCUT2D eigenvalue weighted by Gasteiger charge is 2.21. The van der Waals surface area contributed by atoms with Gasteiger partial charge < -0.3 is 14.7 Å². The molecule has 0 spiro atoms. The Labute approximate surface area is 130 Å². The van der Waals surface area contributed by atoms with Crippen LogP contribution in [0.4, 0.5) is 10.2 Å². The summed E-state index contributed by atoms with van der Waals surface area (Å²) < 4.78 is 18.5. The molecule has 1 aromatic carbocycles. The minimum absolute atomic E-state index is 0.00983. The van der Waals surface area contributed by atoms with Gasteiger partial charge in [0.2, 0.25) is 5.91 Å². The Kier molecular flexibility index (Phi) is 4.77. The number of carbonyl (C=O) groups is 2. The molecule has 0 radical (unpaired) electrons. The van der Waals surface area contributed by atoms with E-state index in [2.05, 4.69) is 10.5 Å². The van der Waals surface area contributed by atoms with Gasteiger partial charge in [0.25, 0.3) is 5.91 Å². The van der Waals surface area contributed by atoms with Crippen LogP contribution < -0.4 is 5.32 Å². The first-order valence-electron chi connectivity index (χ1n) is 6.31. The molecule has 0 aliphatic carbocycles. The number of carbonyl (C=O) groups excluding carboxylic acids is 2. The Bertz CT molecular complexity index is 697. The summed E-state index contributed by atoms with van der Waals surface area (Å²) >= 11 is 5.83. The average Bonchev–Trinajstić information content (AvgIpc) is 2.83. The number of hydrogen-bond donors (Lipinski definition) is 1. The first kappa shape index (κ1) is 16.0. The average molecular weight is 326 g/mol. The van der Waals surface area contributed by atoms with Crippen LogP contribution in [0, 0.1) is 12.7 Å². The van der Waals surface area contributed by atoms with Crippen LogP contribution in [0.2, 0.25) is 5.02 Å². The molecule has 2 aromatic rings. The van der Waals surface area contributed by atoms with Gasteiger partial charge in [-0.2, -0.15) is 0 Å². The van der Waals surface area contributed by atoms with E-state index in [9.17, 15) is 14.0 Å². The molecule has 0 saturated carbocycles. The quantitative estimate of drug-likeness (QED) is 0.937. The summed E-state index contributed by atoms with van der Waals surface area (Å²) in [5, 5.41) is 6.06. The Hall–Kier alpha value is -2.41. The maximum atomic E-state index is 13.7. The van der Waals surface area contributed by atoms with E-state index < -0.39 is 17.6 Å². The van der Waals surface area contributed by atoms with Gasteiger partial charge in [0.15, 0.2) is 5.82 Å². The van der Waals surface area contributed by atoms with Crippen LogP contribution in [0.25, 0.3) is 0 Å². The number of benzene rings is 1. The van der Waals surface area contributed by atoms with Crippen LogP contribution in [-0.4, -0.2) is 35.5 Å². The van der Waals surface area contributed by atoms with Gasteiger partial charge in [0, 0.05) is 13.1 Å². The molecule has 0 aliphatic rings. The van der Waals surface area contributed by atoms with Crippen molar-refractivity contribution in [3.8, 4) is 0 Å². The Balaban J connectivity index is 2.03. The number of nitrogens with one attached hydrogen (secondary N) is 1. The van der Waals surface area contributed by atoms with E-state index >= 15 is 0 Å². The zero-order valence-corrected chi connectivity index (χ0v) is 12.6. The summed E-state index contributed by atoms with van der Waals surface area (Å²) in [6.45, 7) is 1.40. The summed E-state index contributed by atoms with van der Waals surface area (Å²) in [5.41, 5.74) is -0.267. The minimum atomic E-state index is -0.739. The van der Waals surface area contributed by atoms with Crippen molar-refractivity contribution in [3.63, 3.8) is 0 Å². The molecule has 1 N–H and O–H groups in total. The highest BCUT2D eigenvalue weighted by atomic mass is 35.5. The third kappa shape index (κ3) is 3.62. The van der Waals surface area contributed by atoms with E-state index in [1.165, 1.54) is 25.2 Å². The molecule has 2 amide bonds. The van der Waals surface area contributed by atoms with Crippen molar-refractivity contribution in [2.75, 3.05) is 18.9 Å². The lowest BCUT2D eigenvalue weighted by Crippen LogP contribution is -2.35. The van der Waals surface area contributed by atoms with Gasteiger partial charge in [0.05, 0.1) is 17.1 Å². The van der Waals surface area contributed by atoms with Crippen molar-refractivity contribution in [2.45, 2.75) is 6.92 Å². The number of hydrogen-bond acceptors (Lipinski definition) is 4. The van der Waals surface area contributed by atoms with E-state index in [-0.39, 0.29) is 22.9 Å². The number of likely N-dealkylation sites (N-methyl/N-ethyl adjacent to an activating group) is 1. The number of anilines is 1. The summed E-state index contributed by atoms with van der Waals surface area (Å²) in [6, 6.07) is 5.47. The van der Waals surface area contributed by atoms with Crippen molar-refractivity contribution in [2.24, 2.45) is 0 Å². The molecule has 2 rings (SSSR count). The predicted molar refractivity (Wildman–Crippen MR) is 78.2 cm³/mol. The Morgan fingerprint density at radius 3 is 2.77 bits per heavy atom. The molecule has 0 bridgehead atoms. The largest absolute Gasteiger partial charge is 0.360 e. The topological polar surface area (TPSA) is 75.4 Å². The minimum Gasteiger partial charge on any atom is -0.360 e. The predicted octanol–water partition coefficient (Wildman–Crippen LogP) is 2.49. The summed E-state index contributed by atoms with van der Waals surface area (Å²) in [6.07, 6.45) is 0. The molecule has 0 unspecified atom stereocenters. The van der Waals surface area contributed by atoms with Gasteiger partial charge in [-0.15, -0.1) is 0 Å². The highest BCUT2D eigenvalue weighted by Crippen LogP contribution is 2.20. The maximum Gasteiger partial charge on any atom is 0.258 e. The van der Waals surface area contributed by atoms with Gasteiger partial charge in [0.1, 0.15) is 11.6 Å². The van der Waals surface area contributed by atoms with E-state index in [0.29, 0.717) is 5.76 Å². The smallest absolute Gasteiger partial charge is 0.258 e. The zero-order chi connectivity index (χ0) is 16.3. The number of halogens is 2. The van der Waals surface area contributed by atoms with E-state index in [4.69, 9.17) is 16.1 Å². The molecule has 22 heavy (non-hydrogen) atoms. The monoisotopic (exact) mass is 325 g/mol. The van der Waals surface area contributed by atoms with Gasteiger partial charge in [-0.3, -0.25) is 9.59 Å². The van der Waals surface area contributed by atoms with E-state index in [1.54, 1.807) is 6.92 Å². The standard InChI is InChI=1S/C14H13ClFN3O3/c1-8-6-11(18-22-8)17-12(20)7-19(2)14(21)13-9(15)4-3-5-10(13)16/h3-6H,7H2,1-2H3,(H,17,18,20). The van der Waals surface area contributed by atoms with Crippen LogP contribution >= 0.6 is 11.6 Å². The molecule has 6 nitrogen and oxygen atoms in total. The molecule has 1 aromatic heterocycles. The highest BCUT2D eigenvalue weighted by molar-refractivity contribution is 6.33. The fraction of sp³-hybridized carbons (Fsp3) is 0.214. The third-order valence-corrected chi connectivity index (χ3v) is 3.11. The number of nitrogens with zero attached hydrogens (tertiary/aromatic N) is 2. The van der Waals surface area contributed by atoms with Gasteiger partial charge in [-0.25, -0.2) is 4.39 Å². The normalized spacial score (nSPS) is 10.4. The molecule has 116 valence electrons. The fourth-order valence-electron chi connectivity index (χ4n) is 1.79. The van der Waals surface area contributed by atoms with E-state index in [0.717, 1.165) is 11.0 Å². The molecule has 0 saturated heterocycles. The van der Waals surface area contributed by atoms with Gasteiger partial charge >= 0.3 is 0 Å². The fourth-order valence-corrected chi connectivity index (χ4v) is 2.03. The Morgan fingerprint density at radius 1 is 1.45 bits per heavy atom. The summed E-state index contributed by atoms with van der Waals surface area (Å²) in [7, 11) is 1.37. The first-order valence-corrected chi connectivity index (χ1v) is 6.69. The number of aryl methyl sites for hydroxylation is 1. The van der Waals surface area contributed by atoms with Crippen molar-refractivity contribution >= 4 is 29.2 Å². The van der Waals surface area contributed by atoms with E-state index in [1.807, 2.05) is 0 Å².